The number of aliphatic carboxylic acids is 1. The van der Waals surface area contributed by atoms with E-state index in [0.29, 0.717) is 5.57 Å². The van der Waals surface area contributed by atoms with Gasteiger partial charge in [0.2, 0.25) is 0 Å². The van der Waals surface area contributed by atoms with Gasteiger partial charge in [0.15, 0.2) is 0 Å². The number of rotatable bonds is 3. The van der Waals surface area contributed by atoms with Crippen LogP contribution in [0.25, 0.3) is 6.08 Å². The molecule has 0 radical (unpaired) electrons. The number of carboxylic acid groups (broad SMARTS) is 1. The van der Waals surface area contributed by atoms with Gasteiger partial charge in [0, 0.05) is 5.57 Å². The summed E-state index contributed by atoms with van der Waals surface area (Å²) in [4.78, 5) is 10.6. The Balaban J connectivity index is 2.97. The molecule has 1 aromatic rings. The summed E-state index contributed by atoms with van der Waals surface area (Å²) in [6.07, 6.45) is 1.60. The van der Waals surface area contributed by atoms with Crippen LogP contribution in [0.5, 0.6) is 5.75 Å². The van der Waals surface area contributed by atoms with E-state index in [1.54, 1.807) is 26.2 Å². The number of hydrogen-bond acceptors (Lipinski definition) is 2. The van der Waals surface area contributed by atoms with Crippen molar-refractivity contribution in [1.82, 2.24) is 0 Å². The molecule has 1 rings (SSSR count). The number of methoxy groups -OCH3 is 1. The van der Waals surface area contributed by atoms with E-state index >= 15 is 0 Å². The molecule has 1 N–H and O–H groups in total. The first kappa shape index (κ1) is 10.3. The highest BCUT2D eigenvalue weighted by molar-refractivity contribution is 5.91. The van der Waals surface area contributed by atoms with Crippen molar-refractivity contribution in [3.05, 3.63) is 35.4 Å². The summed E-state index contributed by atoms with van der Waals surface area (Å²) in [6.45, 7) is 1.56. The van der Waals surface area contributed by atoms with E-state index in [0.717, 1.165) is 11.3 Å². The Labute approximate surface area is 82.6 Å². The van der Waals surface area contributed by atoms with Gasteiger partial charge in [-0.2, -0.15) is 0 Å². The Morgan fingerprint density at radius 3 is 2.79 bits per heavy atom. The van der Waals surface area contributed by atoms with Crippen molar-refractivity contribution in [3.8, 4) is 5.75 Å². The van der Waals surface area contributed by atoms with Crippen molar-refractivity contribution in [2.75, 3.05) is 7.11 Å². The zero-order valence-corrected chi connectivity index (χ0v) is 8.15. The van der Waals surface area contributed by atoms with Crippen molar-refractivity contribution >= 4 is 12.0 Å². The Kier molecular flexibility index (Phi) is 3.29. The van der Waals surface area contributed by atoms with Crippen LogP contribution in [0.3, 0.4) is 0 Å². The van der Waals surface area contributed by atoms with Gasteiger partial charge in [-0.15, -0.1) is 0 Å². The van der Waals surface area contributed by atoms with Crippen LogP contribution in [0.2, 0.25) is 0 Å². The summed E-state index contributed by atoms with van der Waals surface area (Å²) in [5.74, 6) is -0.190. The Bertz CT molecular complexity index is 367. The van der Waals surface area contributed by atoms with Gasteiger partial charge in [-0.1, -0.05) is 12.1 Å². The Morgan fingerprint density at radius 1 is 1.50 bits per heavy atom. The van der Waals surface area contributed by atoms with Crippen LogP contribution < -0.4 is 4.74 Å². The molecule has 0 unspecified atom stereocenters. The van der Waals surface area contributed by atoms with E-state index < -0.39 is 5.97 Å². The summed E-state index contributed by atoms with van der Waals surface area (Å²) in [5, 5.41) is 8.67. The third kappa shape index (κ3) is 2.62. The highest BCUT2D eigenvalue weighted by Gasteiger charge is 2.00. The molecule has 0 aliphatic heterocycles. The number of benzene rings is 1. The molecule has 3 heteroatoms. The van der Waals surface area contributed by atoms with Crippen molar-refractivity contribution in [2.24, 2.45) is 0 Å². The summed E-state index contributed by atoms with van der Waals surface area (Å²) in [7, 11) is 1.58. The molecule has 0 saturated carbocycles. The zero-order chi connectivity index (χ0) is 10.6. The van der Waals surface area contributed by atoms with Crippen molar-refractivity contribution < 1.29 is 14.6 Å². The lowest BCUT2D eigenvalue weighted by Crippen LogP contribution is -1.95. The molecule has 0 aliphatic carbocycles. The fourth-order valence-corrected chi connectivity index (χ4v) is 1.04. The van der Waals surface area contributed by atoms with Gasteiger partial charge in [-0.25, -0.2) is 4.79 Å². The fourth-order valence-electron chi connectivity index (χ4n) is 1.04. The minimum absolute atomic E-state index is 0.304. The lowest BCUT2D eigenvalue weighted by atomic mass is 10.1. The lowest BCUT2D eigenvalue weighted by Gasteiger charge is -2.00. The number of carboxylic acids is 1. The molecular weight excluding hydrogens is 180 g/mol. The topological polar surface area (TPSA) is 46.5 Å². The number of carbonyl (C=O) groups is 1. The number of hydrogen-bond donors (Lipinski definition) is 1. The molecule has 1 aromatic carbocycles. The average Bonchev–Trinajstić information content (AvgIpc) is 2.18. The Hall–Kier alpha value is -1.77. The maximum atomic E-state index is 10.6. The van der Waals surface area contributed by atoms with Gasteiger partial charge in [-0.3, -0.25) is 0 Å². The Morgan fingerprint density at radius 2 is 2.21 bits per heavy atom. The molecular formula is C11H12O3. The van der Waals surface area contributed by atoms with Crippen LogP contribution in [0, 0.1) is 0 Å². The molecule has 0 amide bonds. The molecule has 0 heterocycles. The molecule has 3 nitrogen and oxygen atoms in total. The van der Waals surface area contributed by atoms with Gasteiger partial charge < -0.3 is 9.84 Å². The molecule has 0 spiro atoms. The molecule has 14 heavy (non-hydrogen) atoms. The predicted octanol–water partition coefficient (Wildman–Crippen LogP) is 2.18. The first-order valence-electron chi connectivity index (χ1n) is 4.19. The van der Waals surface area contributed by atoms with Gasteiger partial charge >= 0.3 is 5.97 Å². The fraction of sp³-hybridized carbons (Fsp3) is 0.182. The van der Waals surface area contributed by atoms with Crippen LogP contribution in [-0.4, -0.2) is 18.2 Å². The predicted molar refractivity (Wildman–Crippen MR) is 54.3 cm³/mol. The molecule has 0 fully saturated rings. The van der Waals surface area contributed by atoms with E-state index in [4.69, 9.17) is 9.84 Å². The molecule has 0 bridgehead atoms. The van der Waals surface area contributed by atoms with Gasteiger partial charge in [0.1, 0.15) is 5.75 Å². The van der Waals surface area contributed by atoms with Gasteiger partial charge in [0.25, 0.3) is 0 Å². The maximum Gasteiger partial charge on any atom is 0.331 e. The highest BCUT2D eigenvalue weighted by Crippen LogP contribution is 2.15. The second kappa shape index (κ2) is 4.46. The summed E-state index contributed by atoms with van der Waals surface area (Å²) >= 11 is 0. The zero-order valence-electron chi connectivity index (χ0n) is 8.15. The van der Waals surface area contributed by atoms with Crippen LogP contribution in [-0.2, 0) is 4.79 Å². The quantitative estimate of drug-likeness (QED) is 0.746. The first-order chi connectivity index (χ1) is 6.63. The summed E-state index contributed by atoms with van der Waals surface area (Å²) in [5.41, 5.74) is 1.13. The van der Waals surface area contributed by atoms with Crippen LogP contribution >= 0.6 is 0 Å². The molecule has 74 valence electrons. The lowest BCUT2D eigenvalue weighted by molar-refractivity contribution is -0.132. The van der Waals surface area contributed by atoms with E-state index in [9.17, 15) is 4.79 Å². The summed E-state index contributed by atoms with van der Waals surface area (Å²) in [6, 6.07) is 7.24. The van der Waals surface area contributed by atoms with Gasteiger partial charge in [-0.05, 0) is 30.7 Å². The minimum Gasteiger partial charge on any atom is -0.497 e. The van der Waals surface area contributed by atoms with Crippen LogP contribution in [0.4, 0.5) is 0 Å². The van der Waals surface area contributed by atoms with Gasteiger partial charge in [0.05, 0.1) is 7.11 Å². The van der Waals surface area contributed by atoms with Crippen LogP contribution in [0.15, 0.2) is 29.8 Å². The second-order valence-corrected chi connectivity index (χ2v) is 2.91. The average molecular weight is 192 g/mol. The monoisotopic (exact) mass is 192 g/mol. The van der Waals surface area contributed by atoms with E-state index in [1.807, 2.05) is 18.2 Å². The van der Waals surface area contributed by atoms with E-state index in [1.165, 1.54) is 0 Å². The number of ether oxygens (including phenoxy) is 1. The molecule has 0 atom stereocenters. The van der Waals surface area contributed by atoms with Crippen molar-refractivity contribution in [1.29, 1.82) is 0 Å². The SMILES string of the molecule is COc1cccc(/C=C(\C)C(=O)O)c1. The third-order valence-electron chi connectivity index (χ3n) is 1.81. The first-order valence-corrected chi connectivity index (χ1v) is 4.19. The smallest absolute Gasteiger partial charge is 0.331 e. The highest BCUT2D eigenvalue weighted by atomic mass is 16.5. The van der Waals surface area contributed by atoms with Crippen LogP contribution in [0.1, 0.15) is 12.5 Å². The minimum atomic E-state index is -0.909. The van der Waals surface area contributed by atoms with E-state index in [2.05, 4.69) is 0 Å². The largest absolute Gasteiger partial charge is 0.497 e. The molecule has 0 aromatic heterocycles. The normalized spacial score (nSPS) is 11.1. The summed E-state index contributed by atoms with van der Waals surface area (Å²) < 4.78 is 5.02. The third-order valence-corrected chi connectivity index (χ3v) is 1.81. The molecule has 0 aliphatic rings. The van der Waals surface area contributed by atoms with Crippen molar-refractivity contribution in [3.63, 3.8) is 0 Å². The maximum absolute atomic E-state index is 10.6. The standard InChI is InChI=1S/C11H12O3/c1-8(11(12)13)6-9-4-3-5-10(7-9)14-2/h3-7H,1-2H3,(H,12,13)/b8-6+. The molecule has 0 saturated heterocycles. The van der Waals surface area contributed by atoms with E-state index in [-0.39, 0.29) is 0 Å². The second-order valence-electron chi connectivity index (χ2n) is 2.91. The van der Waals surface area contributed by atoms with Crippen molar-refractivity contribution in [2.45, 2.75) is 6.92 Å².